The van der Waals surface area contributed by atoms with Crippen molar-refractivity contribution in [1.82, 2.24) is 0 Å². The van der Waals surface area contributed by atoms with E-state index < -0.39 is 19.3 Å². The van der Waals surface area contributed by atoms with E-state index in [2.05, 4.69) is 65.7 Å². The predicted molar refractivity (Wildman–Crippen MR) is 125 cm³/mol. The summed E-state index contributed by atoms with van der Waals surface area (Å²) < 4.78 is 6.48. The van der Waals surface area contributed by atoms with Gasteiger partial charge in [-0.25, -0.2) is 0 Å². The lowest BCUT2D eigenvalue weighted by Gasteiger charge is -2.46. The summed E-state index contributed by atoms with van der Waals surface area (Å²) in [5.74, 6) is 0. The molecule has 2 nitrogen and oxygen atoms in total. The van der Waals surface area contributed by atoms with Crippen LogP contribution in [-0.2, 0) is 10.8 Å². The highest BCUT2D eigenvalue weighted by molar-refractivity contribution is 6.74. The molecule has 1 rings (SSSR count). The van der Waals surface area contributed by atoms with E-state index >= 15 is 0 Å². The number of benzene rings is 1. The van der Waals surface area contributed by atoms with Crippen LogP contribution in [0.2, 0.25) is 18.1 Å². The zero-order chi connectivity index (χ0) is 21.5. The molecule has 0 fully saturated rings. The Kier molecular flexibility index (Phi) is 8.67. The second-order valence-electron chi connectivity index (χ2n) is 9.36. The molecule has 28 heavy (non-hydrogen) atoms. The summed E-state index contributed by atoms with van der Waals surface area (Å²) in [7, 11) is -1.86. The van der Waals surface area contributed by atoms with Gasteiger partial charge in [-0.2, -0.15) is 0 Å². The molecule has 1 aromatic carbocycles. The van der Waals surface area contributed by atoms with E-state index in [0.29, 0.717) is 6.61 Å². The lowest BCUT2D eigenvalue weighted by atomic mass is 9.63. The molecule has 0 saturated carbocycles. The zero-order valence-corrected chi connectivity index (χ0v) is 19.6. The summed E-state index contributed by atoms with van der Waals surface area (Å²) in [5.41, 5.74) is -0.433. The van der Waals surface area contributed by atoms with Gasteiger partial charge in [0, 0.05) is 12.0 Å². The Balaban J connectivity index is 3.24. The van der Waals surface area contributed by atoms with E-state index in [4.69, 9.17) is 4.43 Å². The predicted octanol–water partition coefficient (Wildman–Crippen LogP) is 6.70. The van der Waals surface area contributed by atoms with Gasteiger partial charge in [0.2, 0.25) is 0 Å². The van der Waals surface area contributed by atoms with Crippen LogP contribution in [0.3, 0.4) is 0 Å². The Hall–Kier alpha value is -1.42. The van der Waals surface area contributed by atoms with Gasteiger partial charge < -0.3 is 9.53 Å². The van der Waals surface area contributed by atoms with Crippen molar-refractivity contribution in [3.8, 4) is 0 Å². The summed E-state index contributed by atoms with van der Waals surface area (Å²) in [5, 5.41) is 11.7. The zero-order valence-electron chi connectivity index (χ0n) is 18.6. The minimum Gasteiger partial charge on any atom is -0.417 e. The van der Waals surface area contributed by atoms with Crippen molar-refractivity contribution in [3.05, 3.63) is 73.9 Å². The molecule has 0 amide bonds. The van der Waals surface area contributed by atoms with E-state index in [0.717, 1.165) is 25.7 Å². The van der Waals surface area contributed by atoms with Gasteiger partial charge in [0.1, 0.15) is 5.60 Å². The fourth-order valence-electron chi connectivity index (χ4n) is 3.44. The molecule has 0 radical (unpaired) electrons. The second kappa shape index (κ2) is 9.86. The molecule has 0 aliphatic carbocycles. The Morgan fingerprint density at radius 2 is 1.57 bits per heavy atom. The number of aliphatic hydroxyl groups is 1. The van der Waals surface area contributed by atoms with E-state index in [1.165, 1.54) is 5.56 Å². The molecule has 0 aromatic heterocycles. The van der Waals surface area contributed by atoms with Gasteiger partial charge in [-0.15, -0.1) is 6.58 Å². The van der Waals surface area contributed by atoms with Gasteiger partial charge in [0.25, 0.3) is 0 Å². The van der Waals surface area contributed by atoms with Gasteiger partial charge >= 0.3 is 0 Å². The smallest absolute Gasteiger partial charge is 0.191 e. The summed E-state index contributed by atoms with van der Waals surface area (Å²) >= 11 is 0. The van der Waals surface area contributed by atoms with Gasteiger partial charge in [-0.05, 0) is 49.4 Å². The van der Waals surface area contributed by atoms with Crippen LogP contribution in [0.25, 0.3) is 0 Å². The molecule has 0 spiro atoms. The fourth-order valence-corrected chi connectivity index (χ4v) is 4.49. The van der Waals surface area contributed by atoms with Crippen LogP contribution < -0.4 is 0 Å². The molecule has 0 heterocycles. The first kappa shape index (κ1) is 24.6. The maximum atomic E-state index is 11.5. The van der Waals surface area contributed by atoms with Crippen LogP contribution in [0.4, 0.5) is 0 Å². The van der Waals surface area contributed by atoms with Crippen molar-refractivity contribution >= 4 is 8.32 Å². The minimum absolute atomic E-state index is 0.156. The topological polar surface area (TPSA) is 29.5 Å². The monoisotopic (exact) mass is 400 g/mol. The summed E-state index contributed by atoms with van der Waals surface area (Å²) in [4.78, 5) is 0. The molecule has 3 heteroatoms. The molecule has 0 aliphatic heterocycles. The third-order valence-electron chi connectivity index (χ3n) is 6.53. The quantitative estimate of drug-likeness (QED) is 0.312. The fraction of sp³-hybridized carbons (Fsp3) is 0.520. The van der Waals surface area contributed by atoms with E-state index in [9.17, 15) is 5.11 Å². The third-order valence-corrected chi connectivity index (χ3v) is 11.1. The van der Waals surface area contributed by atoms with Crippen molar-refractivity contribution in [1.29, 1.82) is 0 Å². The maximum absolute atomic E-state index is 11.5. The lowest BCUT2D eigenvalue weighted by molar-refractivity contribution is -0.0262. The average molecular weight is 401 g/mol. The van der Waals surface area contributed by atoms with Crippen molar-refractivity contribution in [2.45, 2.75) is 70.2 Å². The summed E-state index contributed by atoms with van der Waals surface area (Å²) in [6.45, 7) is 23.7. The molecule has 0 saturated heterocycles. The highest BCUT2D eigenvalue weighted by Gasteiger charge is 2.46. The van der Waals surface area contributed by atoms with Crippen LogP contribution in [0.15, 0.2) is 68.3 Å². The first-order valence-electron chi connectivity index (χ1n) is 10.3. The maximum Gasteiger partial charge on any atom is 0.191 e. The van der Waals surface area contributed by atoms with E-state index in [-0.39, 0.29) is 5.04 Å². The summed E-state index contributed by atoms with van der Waals surface area (Å²) in [6.07, 6.45) is 8.27. The van der Waals surface area contributed by atoms with Crippen molar-refractivity contribution in [2.24, 2.45) is 5.41 Å². The molecule has 1 aromatic rings. The minimum atomic E-state index is -1.86. The Morgan fingerprint density at radius 1 is 1.00 bits per heavy atom. The average Bonchev–Trinajstić information content (AvgIpc) is 2.65. The molecule has 1 N–H and O–H groups in total. The van der Waals surface area contributed by atoms with Crippen LogP contribution in [-0.4, -0.2) is 25.6 Å². The molecular weight excluding hydrogens is 360 g/mol. The van der Waals surface area contributed by atoms with Crippen molar-refractivity contribution in [2.75, 3.05) is 6.61 Å². The first-order valence-corrected chi connectivity index (χ1v) is 13.2. The highest BCUT2D eigenvalue weighted by atomic mass is 28.4. The first-order chi connectivity index (χ1) is 13.0. The molecule has 156 valence electrons. The largest absolute Gasteiger partial charge is 0.417 e. The van der Waals surface area contributed by atoms with Crippen LogP contribution >= 0.6 is 0 Å². The number of hydrogen-bond donors (Lipinski definition) is 1. The van der Waals surface area contributed by atoms with E-state index in [1.807, 2.05) is 24.3 Å². The number of allylic oxidation sites excluding steroid dienone is 1. The van der Waals surface area contributed by atoms with Gasteiger partial charge in [-0.3, -0.25) is 0 Å². The highest BCUT2D eigenvalue weighted by Crippen LogP contribution is 2.45. The third kappa shape index (κ3) is 5.79. The van der Waals surface area contributed by atoms with Crippen LogP contribution in [0, 0.1) is 5.41 Å². The number of rotatable bonds is 12. The van der Waals surface area contributed by atoms with Gasteiger partial charge in [0.05, 0.1) is 0 Å². The second-order valence-corrected chi connectivity index (χ2v) is 14.2. The molecule has 1 atom stereocenters. The SMILES string of the molecule is C=CCCC(CCO[Si](C)(C)C(C)(C)C)(Cc1ccccc1)C(O)(C=C)C=C. The Bertz CT molecular complexity index is 634. The number of hydrogen-bond acceptors (Lipinski definition) is 2. The van der Waals surface area contributed by atoms with Crippen molar-refractivity contribution in [3.63, 3.8) is 0 Å². The normalized spacial score (nSPS) is 14.9. The van der Waals surface area contributed by atoms with Crippen LogP contribution in [0.1, 0.15) is 45.6 Å². The molecule has 1 unspecified atom stereocenters. The molecule has 0 bridgehead atoms. The van der Waals surface area contributed by atoms with Crippen LogP contribution in [0.5, 0.6) is 0 Å². The molecule has 0 aliphatic rings. The van der Waals surface area contributed by atoms with E-state index in [1.54, 1.807) is 12.2 Å². The van der Waals surface area contributed by atoms with Gasteiger partial charge in [0.15, 0.2) is 8.32 Å². The standard InChI is InChI=1S/C25H40O2Si/c1-9-12-18-24(25(26,10-2)11-3,21-22-16-14-13-15-17-22)19-20-27-28(7,8)23(4,5)6/h9-11,13-17,26H,1-3,12,18-21H2,4-8H3. The van der Waals surface area contributed by atoms with Crippen molar-refractivity contribution < 1.29 is 9.53 Å². The lowest BCUT2D eigenvalue weighted by Crippen LogP contribution is -2.49. The summed E-state index contributed by atoms with van der Waals surface area (Å²) in [6, 6.07) is 10.3. The molecular formula is C25H40O2Si. The van der Waals surface area contributed by atoms with Gasteiger partial charge in [-0.1, -0.05) is 82.5 Å². The Morgan fingerprint density at radius 3 is 2.04 bits per heavy atom. The Labute approximate surface area is 174 Å².